The summed E-state index contributed by atoms with van der Waals surface area (Å²) in [6, 6.07) is 16.0. The second-order valence-electron chi connectivity index (χ2n) is 5.66. The van der Waals surface area contributed by atoms with Crippen LogP contribution in [-0.4, -0.2) is 15.0 Å². The molecule has 0 aliphatic heterocycles. The minimum atomic E-state index is 0.658. The number of hydrogen-bond donors (Lipinski definition) is 1. The van der Waals surface area contributed by atoms with E-state index in [2.05, 4.69) is 26.3 Å². The van der Waals surface area contributed by atoms with E-state index in [1.165, 1.54) is 0 Å². The van der Waals surface area contributed by atoms with E-state index >= 15 is 0 Å². The molecule has 5 rings (SSSR count). The van der Waals surface area contributed by atoms with Crippen molar-refractivity contribution in [3.8, 4) is 10.6 Å². The number of thiophene rings is 1. The topological polar surface area (TPSA) is 50.7 Å². The average Bonchev–Trinajstić information content (AvgIpc) is 3.29. The van der Waals surface area contributed by atoms with Crippen LogP contribution in [-0.2, 0) is 0 Å². The molecule has 3 heterocycles. The zero-order valence-electron chi connectivity index (χ0n) is 13.3. The summed E-state index contributed by atoms with van der Waals surface area (Å²) in [5.41, 5.74) is 3.74. The van der Waals surface area contributed by atoms with Crippen molar-refractivity contribution in [2.24, 2.45) is 0 Å². The summed E-state index contributed by atoms with van der Waals surface area (Å²) >= 11 is 9.80. The molecular formula is C19H11ClN4S2. The SMILES string of the molecule is Clc1cc(Nc2ncnc3ccsc23)ccc1-c1nc2ccccc2s1. The van der Waals surface area contributed by atoms with E-state index in [-0.39, 0.29) is 0 Å². The standard InChI is InChI=1S/C19H11ClN4S2/c20-13-9-11(23-18-17-15(7-8-25-17)21-10-22-18)5-6-12(13)19-24-14-3-1-2-4-16(14)26-19/h1-10H,(H,21,22,23). The second kappa shape index (κ2) is 6.32. The van der Waals surface area contributed by atoms with Crippen molar-refractivity contribution >= 4 is 66.2 Å². The number of nitrogens with zero attached hydrogens (tertiary/aromatic N) is 3. The summed E-state index contributed by atoms with van der Waals surface area (Å²) in [4.78, 5) is 13.3. The van der Waals surface area contributed by atoms with Gasteiger partial charge in [0, 0.05) is 11.3 Å². The van der Waals surface area contributed by atoms with Crippen molar-refractivity contribution in [2.45, 2.75) is 0 Å². The number of para-hydroxylation sites is 1. The Kier molecular flexibility index (Phi) is 3.81. The minimum Gasteiger partial charge on any atom is -0.339 e. The largest absolute Gasteiger partial charge is 0.339 e. The molecule has 0 aliphatic rings. The van der Waals surface area contributed by atoms with E-state index < -0.39 is 0 Å². The van der Waals surface area contributed by atoms with Crippen LogP contribution < -0.4 is 5.32 Å². The molecule has 0 fully saturated rings. The average molecular weight is 395 g/mol. The molecule has 126 valence electrons. The highest BCUT2D eigenvalue weighted by molar-refractivity contribution is 7.21. The first kappa shape index (κ1) is 15.7. The summed E-state index contributed by atoms with van der Waals surface area (Å²) in [6.45, 7) is 0. The fraction of sp³-hybridized carbons (Fsp3) is 0. The summed E-state index contributed by atoms with van der Waals surface area (Å²) in [7, 11) is 0. The lowest BCUT2D eigenvalue weighted by Crippen LogP contribution is -1.94. The van der Waals surface area contributed by atoms with Crippen molar-refractivity contribution in [1.82, 2.24) is 15.0 Å². The lowest BCUT2D eigenvalue weighted by atomic mass is 10.2. The van der Waals surface area contributed by atoms with Crippen LogP contribution >= 0.6 is 34.3 Å². The van der Waals surface area contributed by atoms with Crippen LogP contribution in [0.5, 0.6) is 0 Å². The molecule has 0 spiro atoms. The first-order valence-corrected chi connectivity index (χ1v) is 9.96. The van der Waals surface area contributed by atoms with Crippen molar-refractivity contribution in [2.75, 3.05) is 5.32 Å². The molecule has 5 aromatic rings. The number of anilines is 2. The molecule has 26 heavy (non-hydrogen) atoms. The molecule has 3 aromatic heterocycles. The third kappa shape index (κ3) is 2.72. The van der Waals surface area contributed by atoms with Gasteiger partial charge in [0.25, 0.3) is 0 Å². The Balaban J connectivity index is 1.51. The predicted octanol–water partition coefficient (Wildman–Crippen LogP) is 6.37. The highest BCUT2D eigenvalue weighted by atomic mass is 35.5. The van der Waals surface area contributed by atoms with Crippen molar-refractivity contribution in [1.29, 1.82) is 0 Å². The lowest BCUT2D eigenvalue weighted by Gasteiger charge is -2.08. The molecule has 0 radical (unpaired) electrons. The monoisotopic (exact) mass is 394 g/mol. The third-order valence-electron chi connectivity index (χ3n) is 4.00. The van der Waals surface area contributed by atoms with E-state index in [1.807, 2.05) is 47.8 Å². The number of rotatable bonds is 3. The Morgan fingerprint density at radius 1 is 0.962 bits per heavy atom. The highest BCUT2D eigenvalue weighted by Crippen LogP contribution is 2.36. The fourth-order valence-electron chi connectivity index (χ4n) is 2.77. The van der Waals surface area contributed by atoms with Gasteiger partial charge in [-0.1, -0.05) is 23.7 Å². The predicted molar refractivity (Wildman–Crippen MR) is 111 cm³/mol. The van der Waals surface area contributed by atoms with Crippen LogP contribution in [0, 0.1) is 0 Å². The molecule has 1 N–H and O–H groups in total. The van der Waals surface area contributed by atoms with Gasteiger partial charge in [-0.2, -0.15) is 0 Å². The van der Waals surface area contributed by atoms with Gasteiger partial charge in [-0.15, -0.1) is 22.7 Å². The molecule has 0 aliphatic carbocycles. The van der Waals surface area contributed by atoms with Crippen molar-refractivity contribution in [3.05, 3.63) is 65.3 Å². The normalized spacial score (nSPS) is 11.3. The first-order chi connectivity index (χ1) is 12.8. The highest BCUT2D eigenvalue weighted by Gasteiger charge is 2.11. The summed E-state index contributed by atoms with van der Waals surface area (Å²) in [5.74, 6) is 0.786. The van der Waals surface area contributed by atoms with Gasteiger partial charge >= 0.3 is 0 Å². The van der Waals surface area contributed by atoms with Crippen molar-refractivity contribution < 1.29 is 0 Å². The minimum absolute atomic E-state index is 0.658. The quantitative estimate of drug-likeness (QED) is 0.386. The zero-order chi connectivity index (χ0) is 17.5. The summed E-state index contributed by atoms with van der Waals surface area (Å²) in [5, 5.41) is 6.92. The van der Waals surface area contributed by atoms with Crippen LogP contribution in [0.15, 0.2) is 60.2 Å². The number of aromatic nitrogens is 3. The number of fused-ring (bicyclic) bond motifs is 2. The Hall–Kier alpha value is -2.54. The third-order valence-corrected chi connectivity index (χ3v) is 6.29. The Morgan fingerprint density at radius 3 is 2.77 bits per heavy atom. The van der Waals surface area contributed by atoms with E-state index in [0.29, 0.717) is 5.02 Å². The van der Waals surface area contributed by atoms with Crippen LogP contribution in [0.2, 0.25) is 5.02 Å². The van der Waals surface area contributed by atoms with Crippen molar-refractivity contribution in [3.63, 3.8) is 0 Å². The molecule has 2 aromatic carbocycles. The van der Waals surface area contributed by atoms with E-state index in [0.717, 1.165) is 42.5 Å². The molecule has 4 nitrogen and oxygen atoms in total. The van der Waals surface area contributed by atoms with Gasteiger partial charge in [-0.3, -0.25) is 0 Å². The zero-order valence-corrected chi connectivity index (χ0v) is 15.7. The first-order valence-electron chi connectivity index (χ1n) is 7.89. The van der Waals surface area contributed by atoms with E-state index in [9.17, 15) is 0 Å². The summed E-state index contributed by atoms with van der Waals surface area (Å²) < 4.78 is 2.18. The van der Waals surface area contributed by atoms with E-state index in [4.69, 9.17) is 11.6 Å². The maximum Gasteiger partial charge on any atom is 0.151 e. The van der Waals surface area contributed by atoms with Crippen LogP contribution in [0.1, 0.15) is 0 Å². The molecule has 0 amide bonds. The van der Waals surface area contributed by atoms with Gasteiger partial charge in [0.05, 0.1) is 25.5 Å². The fourth-order valence-corrected chi connectivity index (χ4v) is 4.89. The Bertz CT molecular complexity index is 1210. The lowest BCUT2D eigenvalue weighted by molar-refractivity contribution is 1.23. The molecule has 0 unspecified atom stereocenters. The molecule has 0 atom stereocenters. The smallest absolute Gasteiger partial charge is 0.151 e. The second-order valence-corrected chi connectivity index (χ2v) is 8.02. The number of nitrogens with one attached hydrogen (secondary N) is 1. The van der Waals surface area contributed by atoms with Gasteiger partial charge in [0.1, 0.15) is 11.3 Å². The van der Waals surface area contributed by atoms with Crippen LogP contribution in [0.25, 0.3) is 31.0 Å². The molecule has 0 bridgehead atoms. The maximum atomic E-state index is 6.55. The van der Waals surface area contributed by atoms with Gasteiger partial charge in [0.15, 0.2) is 5.82 Å². The van der Waals surface area contributed by atoms with Gasteiger partial charge < -0.3 is 5.32 Å². The van der Waals surface area contributed by atoms with Gasteiger partial charge in [-0.25, -0.2) is 15.0 Å². The number of hydrogen-bond acceptors (Lipinski definition) is 6. The molecule has 7 heteroatoms. The number of halogens is 1. The molecule has 0 saturated heterocycles. The summed E-state index contributed by atoms with van der Waals surface area (Å²) in [6.07, 6.45) is 1.56. The van der Waals surface area contributed by atoms with Gasteiger partial charge in [0.2, 0.25) is 0 Å². The Morgan fingerprint density at radius 2 is 1.88 bits per heavy atom. The maximum absolute atomic E-state index is 6.55. The number of benzene rings is 2. The Labute approximate surface area is 162 Å². The molecule has 0 saturated carbocycles. The van der Waals surface area contributed by atoms with E-state index in [1.54, 1.807) is 29.0 Å². The van der Waals surface area contributed by atoms with Gasteiger partial charge in [-0.05, 0) is 41.8 Å². The number of thiazole rings is 1. The van der Waals surface area contributed by atoms with Crippen LogP contribution in [0.4, 0.5) is 11.5 Å². The molecular weight excluding hydrogens is 384 g/mol. The van der Waals surface area contributed by atoms with Crippen LogP contribution in [0.3, 0.4) is 0 Å².